The minimum Gasteiger partial charge on any atom is -0.454 e. The predicted octanol–water partition coefficient (Wildman–Crippen LogP) is 3.81. The van der Waals surface area contributed by atoms with Crippen LogP contribution in [0, 0.1) is 4.77 Å². The summed E-state index contributed by atoms with van der Waals surface area (Å²) in [5, 5.41) is 3.38. The van der Waals surface area contributed by atoms with Crippen LogP contribution >= 0.6 is 12.2 Å². The van der Waals surface area contributed by atoms with Crippen LogP contribution in [-0.4, -0.2) is 28.8 Å². The van der Waals surface area contributed by atoms with Crippen LogP contribution in [0.25, 0.3) is 10.9 Å². The fraction of sp³-hybridized carbons (Fsp3) is 0.160. The third kappa shape index (κ3) is 4.38. The molecule has 7 nitrogen and oxygen atoms in total. The summed E-state index contributed by atoms with van der Waals surface area (Å²) in [6, 6.07) is 20.5. The van der Waals surface area contributed by atoms with Crippen molar-refractivity contribution in [3.63, 3.8) is 0 Å². The minimum atomic E-state index is -0.220. The lowest BCUT2D eigenvalue weighted by molar-refractivity contribution is 0.0954. The predicted molar refractivity (Wildman–Crippen MR) is 128 cm³/mol. The van der Waals surface area contributed by atoms with Gasteiger partial charge in [-0.2, -0.15) is 0 Å². The summed E-state index contributed by atoms with van der Waals surface area (Å²) in [6.45, 7) is 1.01. The van der Waals surface area contributed by atoms with Gasteiger partial charge in [0.05, 0.1) is 17.4 Å². The standard InChI is InChI=1S/C25H21N3O4S/c29-23(26-11-10-16-4-2-1-3-5-16)18-7-8-19-20(13-18)27-25(33)28(24(19)30)14-17-6-9-21-22(12-17)32-15-31-21/h1-9,12-13H,10-11,14-15H2,(H,26,29)(H,27,33). The Bertz CT molecular complexity index is 1460. The van der Waals surface area contributed by atoms with Crippen LogP contribution in [0.4, 0.5) is 0 Å². The molecule has 0 aliphatic carbocycles. The van der Waals surface area contributed by atoms with Crippen molar-refractivity contribution >= 4 is 29.0 Å². The van der Waals surface area contributed by atoms with Gasteiger partial charge in [0.25, 0.3) is 11.5 Å². The number of aromatic nitrogens is 2. The summed E-state index contributed by atoms with van der Waals surface area (Å²) in [7, 11) is 0. The first-order chi connectivity index (χ1) is 16.1. The second-order valence-electron chi connectivity index (χ2n) is 7.76. The summed E-state index contributed by atoms with van der Waals surface area (Å²) in [4.78, 5) is 28.8. The molecule has 8 heteroatoms. The van der Waals surface area contributed by atoms with E-state index in [4.69, 9.17) is 21.7 Å². The number of amides is 1. The molecule has 3 aromatic carbocycles. The fourth-order valence-electron chi connectivity index (χ4n) is 3.83. The molecule has 0 radical (unpaired) electrons. The van der Waals surface area contributed by atoms with Crippen LogP contribution in [0.2, 0.25) is 0 Å². The number of rotatable bonds is 6. The Morgan fingerprint density at radius 1 is 1.00 bits per heavy atom. The van der Waals surface area contributed by atoms with E-state index in [1.54, 1.807) is 18.2 Å². The monoisotopic (exact) mass is 459 g/mol. The molecule has 1 aliphatic rings. The third-order valence-corrected chi connectivity index (χ3v) is 5.89. The lowest BCUT2D eigenvalue weighted by Crippen LogP contribution is -2.26. The lowest BCUT2D eigenvalue weighted by Gasteiger charge is -2.10. The zero-order valence-electron chi connectivity index (χ0n) is 17.7. The first-order valence-corrected chi connectivity index (χ1v) is 11.0. The molecule has 0 bridgehead atoms. The molecule has 0 fully saturated rings. The van der Waals surface area contributed by atoms with Crippen LogP contribution in [0.1, 0.15) is 21.5 Å². The molecule has 1 aromatic heterocycles. The maximum atomic E-state index is 13.1. The van der Waals surface area contributed by atoms with Crippen molar-refractivity contribution in [2.45, 2.75) is 13.0 Å². The number of nitrogens with one attached hydrogen (secondary N) is 2. The second-order valence-corrected chi connectivity index (χ2v) is 8.15. The largest absolute Gasteiger partial charge is 0.454 e. The van der Waals surface area contributed by atoms with Gasteiger partial charge in [-0.05, 0) is 60.1 Å². The number of aromatic amines is 1. The molecular formula is C25H21N3O4S. The van der Waals surface area contributed by atoms with Gasteiger partial charge in [0.15, 0.2) is 16.3 Å². The highest BCUT2D eigenvalue weighted by molar-refractivity contribution is 7.71. The smallest absolute Gasteiger partial charge is 0.262 e. The Morgan fingerprint density at radius 2 is 1.82 bits per heavy atom. The number of nitrogens with zero attached hydrogens (tertiary/aromatic N) is 1. The maximum absolute atomic E-state index is 13.1. The van der Waals surface area contributed by atoms with E-state index in [1.165, 1.54) is 4.57 Å². The van der Waals surface area contributed by atoms with Crippen molar-refractivity contribution in [3.05, 3.63) is 98.5 Å². The fourth-order valence-corrected chi connectivity index (χ4v) is 4.09. The van der Waals surface area contributed by atoms with Gasteiger partial charge in [-0.15, -0.1) is 0 Å². The topological polar surface area (TPSA) is 85.3 Å². The Morgan fingerprint density at radius 3 is 2.67 bits per heavy atom. The van der Waals surface area contributed by atoms with Gasteiger partial charge in [0.2, 0.25) is 6.79 Å². The maximum Gasteiger partial charge on any atom is 0.262 e. The lowest BCUT2D eigenvalue weighted by atomic mass is 10.1. The highest BCUT2D eigenvalue weighted by Gasteiger charge is 2.15. The molecule has 0 atom stereocenters. The summed E-state index contributed by atoms with van der Waals surface area (Å²) in [6.07, 6.45) is 0.743. The molecule has 1 amide bonds. The molecule has 33 heavy (non-hydrogen) atoms. The van der Waals surface area contributed by atoms with Gasteiger partial charge in [-0.25, -0.2) is 0 Å². The summed E-state index contributed by atoms with van der Waals surface area (Å²) in [5.74, 6) is 1.14. The average molecular weight is 460 g/mol. The van der Waals surface area contributed by atoms with E-state index < -0.39 is 0 Å². The Labute approximate surface area is 194 Å². The quantitative estimate of drug-likeness (QED) is 0.429. The van der Waals surface area contributed by atoms with Crippen molar-refractivity contribution in [1.29, 1.82) is 0 Å². The third-order valence-electron chi connectivity index (χ3n) is 5.56. The zero-order chi connectivity index (χ0) is 22.8. The van der Waals surface area contributed by atoms with E-state index in [2.05, 4.69) is 10.3 Å². The molecule has 166 valence electrons. The van der Waals surface area contributed by atoms with Crippen LogP contribution in [0.15, 0.2) is 71.5 Å². The molecule has 0 saturated heterocycles. The van der Waals surface area contributed by atoms with Crippen molar-refractivity contribution < 1.29 is 14.3 Å². The van der Waals surface area contributed by atoms with Crippen LogP contribution < -0.4 is 20.3 Å². The number of carbonyl (C=O) groups excluding carboxylic acids is 1. The average Bonchev–Trinajstić information content (AvgIpc) is 3.30. The number of hydrogen-bond donors (Lipinski definition) is 2. The molecule has 2 N–H and O–H groups in total. The molecule has 1 aliphatic heterocycles. The highest BCUT2D eigenvalue weighted by Crippen LogP contribution is 2.32. The van der Waals surface area contributed by atoms with E-state index in [-0.39, 0.29) is 23.0 Å². The molecule has 5 rings (SSSR count). The van der Waals surface area contributed by atoms with E-state index in [0.717, 1.165) is 17.5 Å². The summed E-state index contributed by atoms with van der Waals surface area (Å²) in [5.41, 5.74) is 2.80. The van der Waals surface area contributed by atoms with E-state index >= 15 is 0 Å². The number of fused-ring (bicyclic) bond motifs is 2. The normalized spacial score (nSPS) is 12.1. The van der Waals surface area contributed by atoms with E-state index in [1.807, 2.05) is 48.5 Å². The zero-order valence-corrected chi connectivity index (χ0v) is 18.5. The number of benzene rings is 3. The van der Waals surface area contributed by atoms with E-state index in [0.29, 0.717) is 41.1 Å². The van der Waals surface area contributed by atoms with Crippen LogP contribution in [0.3, 0.4) is 0 Å². The van der Waals surface area contributed by atoms with Gasteiger partial charge in [0.1, 0.15) is 0 Å². The van der Waals surface area contributed by atoms with Crippen molar-refractivity contribution in [1.82, 2.24) is 14.9 Å². The summed E-state index contributed by atoms with van der Waals surface area (Å²) >= 11 is 5.45. The van der Waals surface area contributed by atoms with Crippen molar-refractivity contribution in [3.8, 4) is 11.5 Å². The van der Waals surface area contributed by atoms with Crippen LogP contribution in [-0.2, 0) is 13.0 Å². The van der Waals surface area contributed by atoms with Gasteiger partial charge < -0.3 is 19.8 Å². The molecule has 4 aromatic rings. The Kier molecular flexibility index (Phi) is 5.66. The van der Waals surface area contributed by atoms with Crippen LogP contribution in [0.5, 0.6) is 11.5 Å². The molecule has 2 heterocycles. The highest BCUT2D eigenvalue weighted by atomic mass is 32.1. The van der Waals surface area contributed by atoms with Crippen molar-refractivity contribution in [2.75, 3.05) is 13.3 Å². The second kappa shape index (κ2) is 8.91. The van der Waals surface area contributed by atoms with E-state index in [9.17, 15) is 9.59 Å². The minimum absolute atomic E-state index is 0.191. The molecule has 0 unspecified atom stereocenters. The van der Waals surface area contributed by atoms with Gasteiger partial charge in [-0.3, -0.25) is 14.2 Å². The first kappa shape index (κ1) is 21.0. The van der Waals surface area contributed by atoms with Gasteiger partial charge in [0, 0.05) is 12.1 Å². The Balaban J connectivity index is 1.35. The van der Waals surface area contributed by atoms with Gasteiger partial charge >= 0.3 is 0 Å². The molecule has 0 spiro atoms. The Hall–Kier alpha value is -3.91. The van der Waals surface area contributed by atoms with Gasteiger partial charge in [-0.1, -0.05) is 36.4 Å². The first-order valence-electron chi connectivity index (χ1n) is 10.6. The SMILES string of the molecule is O=C(NCCc1ccccc1)c1ccc2c(=O)n(Cc3ccc4c(c3)OCO4)c(=S)[nH]c2c1. The number of H-pyrrole nitrogens is 1. The van der Waals surface area contributed by atoms with Crippen molar-refractivity contribution in [2.24, 2.45) is 0 Å². The summed E-state index contributed by atoms with van der Waals surface area (Å²) < 4.78 is 12.5. The molecule has 0 saturated carbocycles. The number of ether oxygens (including phenoxy) is 2. The number of hydrogen-bond acceptors (Lipinski definition) is 5. The molecular weight excluding hydrogens is 438 g/mol. The number of carbonyl (C=O) groups is 1.